The van der Waals surface area contributed by atoms with Crippen LogP contribution >= 0.6 is 11.8 Å². The molecule has 5 nitrogen and oxygen atoms in total. The van der Waals surface area contributed by atoms with Crippen LogP contribution in [0.3, 0.4) is 0 Å². The number of carbonyl (C=O) groups is 1. The predicted molar refractivity (Wildman–Crippen MR) is 105 cm³/mol. The van der Waals surface area contributed by atoms with Crippen molar-refractivity contribution >= 4 is 33.4 Å². The van der Waals surface area contributed by atoms with E-state index in [0.717, 1.165) is 4.90 Å². The monoisotopic (exact) mass is 390 g/mol. The molecule has 0 aromatic heterocycles. The van der Waals surface area contributed by atoms with Gasteiger partial charge in [-0.25, -0.2) is 8.42 Å². The lowest BCUT2D eigenvalue weighted by Gasteiger charge is -2.30. The fraction of sp³-hybridized carbons (Fsp3) is 0.316. The van der Waals surface area contributed by atoms with E-state index in [1.165, 1.54) is 4.31 Å². The van der Waals surface area contributed by atoms with Gasteiger partial charge in [0.1, 0.15) is 0 Å². The zero-order chi connectivity index (χ0) is 18.7. The SMILES string of the molecule is CC(C)CNC(=O)c1ccc2c(c1)N(S(=O)(=O)c1ccccc1)CCS2. The van der Waals surface area contributed by atoms with Crippen molar-refractivity contribution in [1.29, 1.82) is 0 Å². The lowest BCUT2D eigenvalue weighted by molar-refractivity contribution is 0.0949. The third kappa shape index (κ3) is 3.88. The molecule has 3 rings (SSSR count). The van der Waals surface area contributed by atoms with E-state index in [2.05, 4.69) is 5.32 Å². The Balaban J connectivity index is 1.96. The van der Waals surface area contributed by atoms with Crippen LogP contribution in [0.5, 0.6) is 0 Å². The number of benzene rings is 2. The Kier molecular flexibility index (Phi) is 5.58. The summed E-state index contributed by atoms with van der Waals surface area (Å²) >= 11 is 1.60. The second-order valence-corrected chi connectivity index (χ2v) is 9.52. The van der Waals surface area contributed by atoms with Crippen molar-refractivity contribution in [2.24, 2.45) is 5.92 Å². The second kappa shape index (κ2) is 7.72. The zero-order valence-corrected chi connectivity index (χ0v) is 16.4. The Morgan fingerprint density at radius 1 is 1.19 bits per heavy atom. The van der Waals surface area contributed by atoms with Gasteiger partial charge in [0.05, 0.1) is 10.6 Å². The van der Waals surface area contributed by atoms with E-state index in [9.17, 15) is 13.2 Å². The third-order valence-electron chi connectivity index (χ3n) is 4.04. The summed E-state index contributed by atoms with van der Waals surface area (Å²) < 4.78 is 27.5. The molecule has 0 saturated heterocycles. The number of anilines is 1. The topological polar surface area (TPSA) is 66.5 Å². The smallest absolute Gasteiger partial charge is 0.264 e. The number of carbonyl (C=O) groups excluding carboxylic acids is 1. The number of fused-ring (bicyclic) bond motifs is 1. The Morgan fingerprint density at radius 2 is 1.92 bits per heavy atom. The highest BCUT2D eigenvalue weighted by Gasteiger charge is 2.30. The molecular formula is C19H22N2O3S2. The van der Waals surface area contributed by atoms with Crippen molar-refractivity contribution in [2.45, 2.75) is 23.6 Å². The Labute approximate surface area is 158 Å². The van der Waals surface area contributed by atoms with Crippen LogP contribution in [0.2, 0.25) is 0 Å². The largest absolute Gasteiger partial charge is 0.352 e. The highest BCUT2D eigenvalue weighted by molar-refractivity contribution is 8.00. The van der Waals surface area contributed by atoms with Crippen LogP contribution in [-0.2, 0) is 10.0 Å². The van der Waals surface area contributed by atoms with Crippen molar-refractivity contribution in [1.82, 2.24) is 5.32 Å². The van der Waals surface area contributed by atoms with Gasteiger partial charge in [-0.3, -0.25) is 9.10 Å². The van der Waals surface area contributed by atoms with Crippen molar-refractivity contribution in [2.75, 3.05) is 23.1 Å². The standard InChI is InChI=1S/C19H22N2O3S2/c1-14(2)13-20-19(22)15-8-9-18-17(12-15)21(10-11-25-18)26(23,24)16-6-4-3-5-7-16/h3-9,12,14H,10-11,13H2,1-2H3,(H,20,22). The average Bonchev–Trinajstić information content (AvgIpc) is 2.65. The minimum Gasteiger partial charge on any atom is -0.352 e. The summed E-state index contributed by atoms with van der Waals surface area (Å²) in [5.41, 5.74) is 1.04. The molecule has 0 bridgehead atoms. The average molecular weight is 391 g/mol. The maximum Gasteiger partial charge on any atom is 0.264 e. The number of hydrogen-bond acceptors (Lipinski definition) is 4. The molecule has 0 radical (unpaired) electrons. The van der Waals surface area contributed by atoms with Gasteiger partial charge in [0, 0.05) is 29.3 Å². The summed E-state index contributed by atoms with van der Waals surface area (Å²) in [4.78, 5) is 13.5. The number of sulfonamides is 1. The van der Waals surface area contributed by atoms with Crippen LogP contribution in [0.1, 0.15) is 24.2 Å². The van der Waals surface area contributed by atoms with E-state index in [1.807, 2.05) is 19.9 Å². The quantitative estimate of drug-likeness (QED) is 0.850. The Hall–Kier alpha value is -1.99. The Morgan fingerprint density at radius 3 is 2.62 bits per heavy atom. The van der Waals surface area contributed by atoms with Gasteiger partial charge in [-0.1, -0.05) is 32.0 Å². The van der Waals surface area contributed by atoms with E-state index >= 15 is 0 Å². The fourth-order valence-corrected chi connectivity index (χ4v) is 5.35. The minimum atomic E-state index is -3.66. The molecule has 0 atom stereocenters. The fourth-order valence-electron chi connectivity index (χ4n) is 2.70. The minimum absolute atomic E-state index is 0.186. The molecular weight excluding hydrogens is 368 g/mol. The van der Waals surface area contributed by atoms with Crippen molar-refractivity contribution in [3.63, 3.8) is 0 Å². The molecule has 0 fully saturated rings. The molecule has 0 unspecified atom stereocenters. The number of thioether (sulfide) groups is 1. The summed E-state index contributed by atoms with van der Waals surface area (Å²) in [5, 5.41) is 2.88. The van der Waals surface area contributed by atoms with E-state index in [0.29, 0.717) is 36.0 Å². The molecule has 0 aliphatic carbocycles. The molecule has 2 aromatic carbocycles. The third-order valence-corrected chi connectivity index (χ3v) is 6.91. The zero-order valence-electron chi connectivity index (χ0n) is 14.8. The normalized spacial score (nSPS) is 14.2. The maximum absolute atomic E-state index is 13.1. The van der Waals surface area contributed by atoms with Crippen LogP contribution in [0.4, 0.5) is 5.69 Å². The van der Waals surface area contributed by atoms with Gasteiger partial charge < -0.3 is 5.32 Å². The van der Waals surface area contributed by atoms with Crippen LogP contribution < -0.4 is 9.62 Å². The molecule has 1 heterocycles. The van der Waals surface area contributed by atoms with Gasteiger partial charge in [0.2, 0.25) is 0 Å². The molecule has 7 heteroatoms. The number of amides is 1. The lowest BCUT2D eigenvalue weighted by atomic mass is 10.1. The summed E-state index contributed by atoms with van der Waals surface area (Å²) in [5.74, 6) is 0.842. The summed E-state index contributed by atoms with van der Waals surface area (Å²) in [7, 11) is -3.66. The molecule has 1 N–H and O–H groups in total. The highest BCUT2D eigenvalue weighted by Crippen LogP contribution is 2.38. The summed E-state index contributed by atoms with van der Waals surface area (Å²) in [6.07, 6.45) is 0. The Bertz CT molecular complexity index is 896. The second-order valence-electron chi connectivity index (χ2n) is 6.53. The molecule has 26 heavy (non-hydrogen) atoms. The molecule has 138 valence electrons. The maximum atomic E-state index is 13.1. The van der Waals surface area contributed by atoms with E-state index in [4.69, 9.17) is 0 Å². The summed E-state index contributed by atoms with van der Waals surface area (Å²) in [6.45, 7) is 5.01. The first-order valence-corrected chi connectivity index (χ1v) is 10.9. The number of rotatable bonds is 5. The van der Waals surface area contributed by atoms with E-state index < -0.39 is 10.0 Å². The predicted octanol–water partition coefficient (Wildman–Crippen LogP) is 3.37. The van der Waals surface area contributed by atoms with Crippen molar-refractivity contribution in [3.8, 4) is 0 Å². The van der Waals surface area contributed by atoms with E-state index in [-0.39, 0.29) is 10.8 Å². The molecule has 1 amide bonds. The lowest BCUT2D eigenvalue weighted by Crippen LogP contribution is -2.36. The first kappa shape index (κ1) is 18.8. The summed E-state index contributed by atoms with van der Waals surface area (Å²) in [6, 6.07) is 13.7. The molecule has 0 saturated carbocycles. The van der Waals surface area contributed by atoms with Gasteiger partial charge in [-0.05, 0) is 36.2 Å². The van der Waals surface area contributed by atoms with Gasteiger partial charge in [-0.2, -0.15) is 0 Å². The van der Waals surface area contributed by atoms with Crippen molar-refractivity contribution < 1.29 is 13.2 Å². The van der Waals surface area contributed by atoms with Gasteiger partial charge in [-0.15, -0.1) is 11.8 Å². The van der Waals surface area contributed by atoms with Gasteiger partial charge in [0.25, 0.3) is 15.9 Å². The van der Waals surface area contributed by atoms with Gasteiger partial charge in [0.15, 0.2) is 0 Å². The first-order valence-electron chi connectivity index (χ1n) is 8.52. The van der Waals surface area contributed by atoms with Crippen LogP contribution in [0, 0.1) is 5.92 Å². The molecule has 0 spiro atoms. The molecule has 1 aliphatic heterocycles. The number of hydrogen-bond donors (Lipinski definition) is 1. The number of nitrogens with one attached hydrogen (secondary N) is 1. The van der Waals surface area contributed by atoms with Crippen LogP contribution in [0.15, 0.2) is 58.3 Å². The van der Waals surface area contributed by atoms with Crippen molar-refractivity contribution in [3.05, 3.63) is 54.1 Å². The van der Waals surface area contributed by atoms with Crippen LogP contribution in [0.25, 0.3) is 0 Å². The van der Waals surface area contributed by atoms with Crippen LogP contribution in [-0.4, -0.2) is 33.2 Å². The van der Waals surface area contributed by atoms with E-state index in [1.54, 1.807) is 54.2 Å². The number of nitrogens with zero attached hydrogens (tertiary/aromatic N) is 1. The van der Waals surface area contributed by atoms with Gasteiger partial charge >= 0.3 is 0 Å². The highest BCUT2D eigenvalue weighted by atomic mass is 32.2. The molecule has 1 aliphatic rings. The molecule has 2 aromatic rings. The first-order chi connectivity index (χ1) is 12.4.